The van der Waals surface area contributed by atoms with Crippen molar-refractivity contribution in [3.8, 4) is 22.3 Å². The summed E-state index contributed by atoms with van der Waals surface area (Å²) in [5.74, 6) is 0.625. The number of benzene rings is 6. The summed E-state index contributed by atoms with van der Waals surface area (Å²) in [6.07, 6.45) is 17.4. The summed E-state index contributed by atoms with van der Waals surface area (Å²) in [7, 11) is 0. The second-order valence-corrected chi connectivity index (χ2v) is 14.0. The molecule has 6 aromatic carbocycles. The zero-order chi connectivity index (χ0) is 32.4. The normalized spacial score (nSPS) is 12.3. The molecule has 0 aromatic heterocycles. The second-order valence-electron chi connectivity index (χ2n) is 14.0. The van der Waals surface area contributed by atoms with Gasteiger partial charge in [0.05, 0.1) is 0 Å². The third kappa shape index (κ3) is 8.16. The van der Waals surface area contributed by atoms with Gasteiger partial charge >= 0.3 is 0 Å². The van der Waals surface area contributed by atoms with Crippen LogP contribution in [0.5, 0.6) is 0 Å². The van der Waals surface area contributed by atoms with Crippen molar-refractivity contribution in [1.29, 1.82) is 0 Å². The van der Waals surface area contributed by atoms with Crippen LogP contribution in [0.2, 0.25) is 0 Å². The van der Waals surface area contributed by atoms with Crippen LogP contribution >= 0.6 is 0 Å². The monoisotopic (exact) mass is 618 g/mol. The standard InChI is InChI=1S/C47H54/c1-4-6-8-10-12-14-16-36-17-19-38(20-18-36)40-25-29-44-42(33-40)27-31-47-45-30-26-41(34-43(45)28-32-46(44)47)39-23-21-37(22-24-39)35(3)15-13-11-9-7-5-2/h17-35H,4-16H2,1-3H3. The molecule has 6 rings (SSSR count). The maximum Gasteiger partial charge on any atom is -0.00990 e. The van der Waals surface area contributed by atoms with Crippen LogP contribution in [0.25, 0.3) is 54.6 Å². The summed E-state index contributed by atoms with van der Waals surface area (Å²) in [6, 6.07) is 41.9. The number of hydrogen-bond acceptors (Lipinski definition) is 0. The van der Waals surface area contributed by atoms with Crippen LogP contribution in [0.3, 0.4) is 0 Å². The molecule has 0 bridgehead atoms. The molecule has 6 aromatic rings. The van der Waals surface area contributed by atoms with Crippen molar-refractivity contribution in [2.75, 3.05) is 0 Å². The largest absolute Gasteiger partial charge is 0.0654 e. The maximum atomic E-state index is 2.38. The van der Waals surface area contributed by atoms with E-state index >= 15 is 0 Å². The molecule has 0 heteroatoms. The highest BCUT2D eigenvalue weighted by molar-refractivity contribution is 6.18. The van der Waals surface area contributed by atoms with E-state index in [1.807, 2.05) is 0 Å². The van der Waals surface area contributed by atoms with Gasteiger partial charge in [-0.2, -0.15) is 0 Å². The molecule has 242 valence electrons. The first kappa shape index (κ1) is 33.0. The van der Waals surface area contributed by atoms with Gasteiger partial charge in [0.1, 0.15) is 0 Å². The first-order valence-corrected chi connectivity index (χ1v) is 18.7. The lowest BCUT2D eigenvalue weighted by atomic mass is 9.91. The van der Waals surface area contributed by atoms with Crippen molar-refractivity contribution in [1.82, 2.24) is 0 Å². The zero-order valence-corrected chi connectivity index (χ0v) is 29.2. The number of rotatable bonds is 16. The fraction of sp³-hybridized carbons (Fsp3) is 0.362. The third-order valence-electron chi connectivity index (χ3n) is 10.5. The highest BCUT2D eigenvalue weighted by Gasteiger charge is 2.10. The molecule has 0 radical (unpaired) electrons. The molecule has 0 aliphatic heterocycles. The van der Waals surface area contributed by atoms with Gasteiger partial charge < -0.3 is 0 Å². The lowest BCUT2D eigenvalue weighted by Gasteiger charge is -2.13. The van der Waals surface area contributed by atoms with Gasteiger partial charge in [0.15, 0.2) is 0 Å². The lowest BCUT2D eigenvalue weighted by molar-refractivity contribution is 0.567. The smallest absolute Gasteiger partial charge is 0.00990 e. The highest BCUT2D eigenvalue weighted by Crippen LogP contribution is 2.35. The van der Waals surface area contributed by atoms with E-state index in [9.17, 15) is 0 Å². The summed E-state index contributed by atoms with van der Waals surface area (Å²) < 4.78 is 0. The van der Waals surface area contributed by atoms with Gasteiger partial charge in [-0.3, -0.25) is 0 Å². The average molecular weight is 619 g/mol. The summed E-state index contributed by atoms with van der Waals surface area (Å²) in [5, 5.41) is 7.92. The van der Waals surface area contributed by atoms with Crippen molar-refractivity contribution in [3.63, 3.8) is 0 Å². The van der Waals surface area contributed by atoms with E-state index in [-0.39, 0.29) is 0 Å². The Balaban J connectivity index is 1.15. The molecular weight excluding hydrogens is 565 g/mol. The van der Waals surface area contributed by atoms with Crippen LogP contribution in [0.15, 0.2) is 109 Å². The molecule has 0 heterocycles. The van der Waals surface area contributed by atoms with Gasteiger partial charge in [0.2, 0.25) is 0 Å². The Bertz CT molecular complexity index is 1870. The minimum absolute atomic E-state index is 0.625. The van der Waals surface area contributed by atoms with Gasteiger partial charge in [-0.15, -0.1) is 0 Å². The van der Waals surface area contributed by atoms with E-state index in [1.165, 1.54) is 149 Å². The quantitative estimate of drug-likeness (QED) is 0.0748. The molecule has 0 saturated heterocycles. The van der Waals surface area contributed by atoms with Gasteiger partial charge in [-0.05, 0) is 103 Å². The van der Waals surface area contributed by atoms with Crippen LogP contribution in [-0.4, -0.2) is 0 Å². The van der Waals surface area contributed by atoms with Gasteiger partial charge in [0, 0.05) is 0 Å². The molecule has 0 fully saturated rings. The maximum absolute atomic E-state index is 2.38. The number of aryl methyl sites for hydroxylation is 1. The molecule has 47 heavy (non-hydrogen) atoms. The minimum Gasteiger partial charge on any atom is -0.0654 e. The Hall–Kier alpha value is -3.90. The van der Waals surface area contributed by atoms with Crippen LogP contribution in [0.1, 0.15) is 115 Å². The second kappa shape index (κ2) is 16.3. The summed E-state index contributed by atoms with van der Waals surface area (Å²) >= 11 is 0. The van der Waals surface area contributed by atoms with Gasteiger partial charge in [-0.1, -0.05) is 182 Å². The minimum atomic E-state index is 0.625. The molecule has 0 nitrogen and oxygen atoms in total. The number of unbranched alkanes of at least 4 members (excludes halogenated alkanes) is 9. The number of hydrogen-bond donors (Lipinski definition) is 0. The number of fused-ring (bicyclic) bond motifs is 5. The fourth-order valence-corrected chi connectivity index (χ4v) is 7.44. The van der Waals surface area contributed by atoms with Crippen LogP contribution < -0.4 is 0 Å². The van der Waals surface area contributed by atoms with Crippen molar-refractivity contribution in [3.05, 3.63) is 120 Å². The van der Waals surface area contributed by atoms with Crippen LogP contribution in [0.4, 0.5) is 0 Å². The van der Waals surface area contributed by atoms with E-state index in [4.69, 9.17) is 0 Å². The van der Waals surface area contributed by atoms with Gasteiger partial charge in [-0.25, -0.2) is 0 Å². The molecular formula is C47H54. The Morgan fingerprint density at radius 1 is 0.404 bits per heavy atom. The molecule has 1 unspecified atom stereocenters. The molecule has 0 amide bonds. The van der Waals surface area contributed by atoms with Crippen molar-refractivity contribution < 1.29 is 0 Å². The Morgan fingerprint density at radius 3 is 1.40 bits per heavy atom. The first-order valence-electron chi connectivity index (χ1n) is 18.7. The predicted octanol–water partition coefficient (Wildman–Crippen LogP) is 14.8. The highest BCUT2D eigenvalue weighted by atomic mass is 14.1. The summed E-state index contributed by atoms with van der Waals surface area (Å²) in [4.78, 5) is 0. The molecule has 0 N–H and O–H groups in total. The van der Waals surface area contributed by atoms with E-state index in [0.29, 0.717) is 5.92 Å². The Kier molecular flexibility index (Phi) is 11.4. The molecule has 0 spiro atoms. The molecule has 0 aliphatic carbocycles. The topological polar surface area (TPSA) is 0 Å². The van der Waals surface area contributed by atoms with E-state index in [1.54, 1.807) is 0 Å². The van der Waals surface area contributed by atoms with Crippen molar-refractivity contribution in [2.45, 2.75) is 110 Å². The molecule has 1 atom stereocenters. The predicted molar refractivity (Wildman–Crippen MR) is 209 cm³/mol. The van der Waals surface area contributed by atoms with E-state index in [2.05, 4.69) is 130 Å². The third-order valence-corrected chi connectivity index (χ3v) is 10.5. The zero-order valence-electron chi connectivity index (χ0n) is 29.2. The van der Waals surface area contributed by atoms with E-state index < -0.39 is 0 Å². The summed E-state index contributed by atoms with van der Waals surface area (Å²) in [6.45, 7) is 6.96. The Labute approximate surface area is 284 Å². The van der Waals surface area contributed by atoms with E-state index in [0.717, 1.165) is 0 Å². The van der Waals surface area contributed by atoms with Crippen LogP contribution in [-0.2, 0) is 6.42 Å². The summed E-state index contributed by atoms with van der Waals surface area (Å²) in [5.41, 5.74) is 8.11. The SMILES string of the molecule is CCCCCCCCc1ccc(-c2ccc3c(ccc4c5ccc(-c6ccc(C(C)CCCCCCC)cc6)cc5ccc34)c2)cc1. The fourth-order valence-electron chi connectivity index (χ4n) is 7.44. The Morgan fingerprint density at radius 2 is 0.851 bits per heavy atom. The average Bonchev–Trinajstić information content (AvgIpc) is 3.12. The van der Waals surface area contributed by atoms with Crippen molar-refractivity contribution in [2.24, 2.45) is 0 Å². The lowest BCUT2D eigenvalue weighted by Crippen LogP contribution is -1.94. The van der Waals surface area contributed by atoms with Crippen LogP contribution in [0, 0.1) is 0 Å². The molecule has 0 aliphatic rings. The van der Waals surface area contributed by atoms with Crippen molar-refractivity contribution >= 4 is 32.3 Å². The first-order chi connectivity index (χ1) is 23.1. The molecule has 0 saturated carbocycles. The van der Waals surface area contributed by atoms with Gasteiger partial charge in [0.25, 0.3) is 0 Å².